The summed E-state index contributed by atoms with van der Waals surface area (Å²) in [6.07, 6.45) is 0.893. The molecule has 40 heavy (non-hydrogen) atoms. The van der Waals surface area contributed by atoms with Crippen molar-refractivity contribution in [3.05, 3.63) is 94.2 Å². The van der Waals surface area contributed by atoms with E-state index >= 15 is 0 Å². The number of sulfonamides is 1. The number of carbonyl (C=O) groups is 2. The van der Waals surface area contributed by atoms with E-state index in [-0.39, 0.29) is 39.6 Å². The predicted molar refractivity (Wildman–Crippen MR) is 156 cm³/mol. The molecule has 3 rings (SSSR count). The maximum Gasteiger partial charge on any atom is 0.264 e. The van der Waals surface area contributed by atoms with Crippen LogP contribution in [0.2, 0.25) is 10.0 Å². The number of amides is 2. The van der Waals surface area contributed by atoms with Crippen molar-refractivity contribution in [2.24, 2.45) is 0 Å². The number of nitrogens with one attached hydrogen (secondary N) is 1. The number of para-hydroxylation sites is 1. The highest BCUT2D eigenvalue weighted by Gasteiger charge is 2.35. The van der Waals surface area contributed by atoms with Crippen molar-refractivity contribution < 1.29 is 22.4 Å². The van der Waals surface area contributed by atoms with Gasteiger partial charge in [-0.2, -0.15) is 0 Å². The Morgan fingerprint density at radius 2 is 1.50 bits per heavy atom. The molecule has 0 bridgehead atoms. The van der Waals surface area contributed by atoms with Crippen LogP contribution in [-0.4, -0.2) is 43.8 Å². The summed E-state index contributed by atoms with van der Waals surface area (Å²) < 4.78 is 43.2. The van der Waals surface area contributed by atoms with Gasteiger partial charge >= 0.3 is 0 Å². The highest BCUT2D eigenvalue weighted by Crippen LogP contribution is 2.29. The number of hydrogen-bond donors (Lipinski definition) is 1. The van der Waals surface area contributed by atoms with Crippen LogP contribution in [0.3, 0.4) is 0 Å². The molecule has 0 aliphatic rings. The highest BCUT2D eigenvalue weighted by molar-refractivity contribution is 7.92. The molecule has 3 aromatic rings. The maximum absolute atomic E-state index is 15.0. The third kappa shape index (κ3) is 7.33. The standard InChI is InChI=1S/C29H32Cl2FN3O4S/c1-4-20(3)33-29(37)26(5-2)34(18-22-23(30)14-11-15-24(22)31)28(36)19-35(27-17-10-9-16-25(27)32)40(38,39)21-12-7-6-8-13-21/h6-17,20,26H,4-5,18-19H2,1-3H3,(H,33,37)/t20-,26-/m0/s1. The molecular weight excluding hydrogens is 576 g/mol. The van der Waals surface area contributed by atoms with Crippen molar-refractivity contribution >= 4 is 50.7 Å². The quantitative estimate of drug-likeness (QED) is 0.271. The lowest BCUT2D eigenvalue weighted by Gasteiger charge is -2.34. The SMILES string of the molecule is CC[C@H](C)NC(=O)[C@H](CC)N(Cc1c(Cl)cccc1Cl)C(=O)CN(c1ccccc1F)S(=O)(=O)c1ccccc1. The van der Waals surface area contributed by atoms with Gasteiger partial charge in [-0.05, 0) is 56.2 Å². The molecule has 0 spiro atoms. The van der Waals surface area contributed by atoms with Gasteiger partial charge in [0.25, 0.3) is 10.0 Å². The van der Waals surface area contributed by atoms with Gasteiger partial charge in [-0.25, -0.2) is 12.8 Å². The van der Waals surface area contributed by atoms with E-state index in [4.69, 9.17) is 23.2 Å². The number of rotatable bonds is 12. The molecule has 0 aromatic heterocycles. The summed E-state index contributed by atoms with van der Waals surface area (Å²) >= 11 is 12.8. The average Bonchev–Trinajstić information content (AvgIpc) is 2.93. The van der Waals surface area contributed by atoms with Gasteiger partial charge in [0.15, 0.2) is 0 Å². The molecule has 0 fully saturated rings. The van der Waals surface area contributed by atoms with Crippen molar-refractivity contribution in [3.63, 3.8) is 0 Å². The minimum absolute atomic E-state index is 0.117. The molecule has 7 nitrogen and oxygen atoms in total. The Bertz CT molecular complexity index is 1420. The summed E-state index contributed by atoms with van der Waals surface area (Å²) in [6, 6.07) is 16.5. The molecule has 0 aliphatic heterocycles. The van der Waals surface area contributed by atoms with Gasteiger partial charge in [-0.3, -0.25) is 13.9 Å². The van der Waals surface area contributed by atoms with Gasteiger partial charge in [0.1, 0.15) is 18.4 Å². The van der Waals surface area contributed by atoms with Crippen LogP contribution in [0, 0.1) is 5.82 Å². The summed E-state index contributed by atoms with van der Waals surface area (Å²) in [5, 5.41) is 3.46. The van der Waals surface area contributed by atoms with E-state index in [1.54, 1.807) is 31.2 Å². The monoisotopic (exact) mass is 607 g/mol. The second-order valence-electron chi connectivity index (χ2n) is 9.24. The van der Waals surface area contributed by atoms with Gasteiger partial charge < -0.3 is 10.2 Å². The minimum Gasteiger partial charge on any atom is -0.352 e. The summed E-state index contributed by atoms with van der Waals surface area (Å²) in [7, 11) is -4.38. The largest absolute Gasteiger partial charge is 0.352 e. The molecule has 2 amide bonds. The first-order chi connectivity index (χ1) is 19.0. The number of benzene rings is 3. The molecule has 11 heteroatoms. The van der Waals surface area contributed by atoms with E-state index in [1.807, 2.05) is 13.8 Å². The smallest absolute Gasteiger partial charge is 0.264 e. The van der Waals surface area contributed by atoms with Crippen LogP contribution in [-0.2, 0) is 26.2 Å². The van der Waals surface area contributed by atoms with Gasteiger partial charge in [0, 0.05) is 28.2 Å². The number of carbonyl (C=O) groups excluding carboxylic acids is 2. The van der Waals surface area contributed by atoms with E-state index in [1.165, 1.54) is 47.4 Å². The topological polar surface area (TPSA) is 86.8 Å². The first-order valence-corrected chi connectivity index (χ1v) is 15.1. The lowest BCUT2D eigenvalue weighted by molar-refractivity contribution is -0.140. The molecule has 0 saturated carbocycles. The zero-order valence-corrected chi connectivity index (χ0v) is 24.8. The fourth-order valence-corrected chi connectivity index (χ4v) is 6.06. The van der Waals surface area contributed by atoms with Crippen molar-refractivity contribution in [1.82, 2.24) is 10.2 Å². The van der Waals surface area contributed by atoms with Crippen molar-refractivity contribution in [2.45, 2.75) is 57.1 Å². The van der Waals surface area contributed by atoms with E-state index < -0.39 is 40.2 Å². The molecule has 0 saturated heterocycles. The maximum atomic E-state index is 15.0. The Balaban J connectivity index is 2.10. The summed E-state index contributed by atoms with van der Waals surface area (Å²) in [5.41, 5.74) is 0.102. The van der Waals surface area contributed by atoms with E-state index in [9.17, 15) is 22.4 Å². The molecule has 2 atom stereocenters. The van der Waals surface area contributed by atoms with Crippen LogP contribution in [0.5, 0.6) is 0 Å². The van der Waals surface area contributed by atoms with Gasteiger partial charge in [0.05, 0.1) is 10.6 Å². The van der Waals surface area contributed by atoms with Crippen LogP contribution in [0.4, 0.5) is 10.1 Å². The number of hydrogen-bond acceptors (Lipinski definition) is 4. The molecular formula is C29H32Cl2FN3O4S. The number of nitrogens with zero attached hydrogens (tertiary/aromatic N) is 2. The Labute approximate surface area is 244 Å². The second-order valence-corrected chi connectivity index (χ2v) is 11.9. The fraction of sp³-hybridized carbons (Fsp3) is 0.310. The van der Waals surface area contributed by atoms with Crippen molar-refractivity contribution in [3.8, 4) is 0 Å². The van der Waals surface area contributed by atoms with Crippen LogP contribution in [0.1, 0.15) is 39.2 Å². The number of halogens is 3. The lowest BCUT2D eigenvalue weighted by Crippen LogP contribution is -2.53. The van der Waals surface area contributed by atoms with Crippen LogP contribution in [0.25, 0.3) is 0 Å². The van der Waals surface area contributed by atoms with Gasteiger partial charge in [0.2, 0.25) is 11.8 Å². The Morgan fingerprint density at radius 3 is 2.08 bits per heavy atom. The fourth-order valence-electron chi connectivity index (χ4n) is 4.10. The summed E-state index contributed by atoms with van der Waals surface area (Å²) in [5.74, 6) is -1.96. The minimum atomic E-state index is -4.38. The van der Waals surface area contributed by atoms with Gasteiger partial charge in [-0.15, -0.1) is 0 Å². The molecule has 0 heterocycles. The molecule has 214 valence electrons. The zero-order chi connectivity index (χ0) is 29.4. The average molecular weight is 609 g/mol. The molecule has 0 aliphatic carbocycles. The second kappa shape index (κ2) is 14.0. The van der Waals surface area contributed by atoms with Crippen LogP contribution >= 0.6 is 23.2 Å². The van der Waals surface area contributed by atoms with Gasteiger partial charge in [-0.1, -0.05) is 73.4 Å². The third-order valence-electron chi connectivity index (χ3n) is 6.51. The van der Waals surface area contributed by atoms with Crippen LogP contribution in [0.15, 0.2) is 77.7 Å². The number of anilines is 1. The first-order valence-electron chi connectivity index (χ1n) is 12.9. The van der Waals surface area contributed by atoms with Crippen LogP contribution < -0.4 is 9.62 Å². The van der Waals surface area contributed by atoms with E-state index in [0.717, 1.165) is 10.4 Å². The third-order valence-corrected chi connectivity index (χ3v) is 8.99. The van der Waals surface area contributed by atoms with Crippen molar-refractivity contribution in [2.75, 3.05) is 10.8 Å². The highest BCUT2D eigenvalue weighted by atomic mass is 35.5. The van der Waals surface area contributed by atoms with E-state index in [0.29, 0.717) is 12.0 Å². The zero-order valence-electron chi connectivity index (χ0n) is 22.5. The predicted octanol–water partition coefficient (Wildman–Crippen LogP) is 6.05. The molecule has 0 unspecified atom stereocenters. The summed E-state index contributed by atoms with van der Waals surface area (Å²) in [6.45, 7) is 4.56. The van der Waals surface area contributed by atoms with Crippen molar-refractivity contribution in [1.29, 1.82) is 0 Å². The Hall–Kier alpha value is -3.14. The first kappa shape index (κ1) is 31.4. The lowest BCUT2D eigenvalue weighted by atomic mass is 10.1. The summed E-state index contributed by atoms with van der Waals surface area (Å²) in [4.78, 5) is 28.5. The normalized spacial score (nSPS) is 12.8. The molecule has 1 N–H and O–H groups in total. The Morgan fingerprint density at radius 1 is 0.900 bits per heavy atom. The van der Waals surface area contributed by atoms with E-state index in [2.05, 4.69) is 5.32 Å². The molecule has 0 radical (unpaired) electrons. The Kier molecular flexibility index (Phi) is 11.0. The molecule has 3 aromatic carbocycles.